The Morgan fingerprint density at radius 3 is 1.69 bits per heavy atom. The summed E-state index contributed by atoms with van der Waals surface area (Å²) >= 11 is 0. The summed E-state index contributed by atoms with van der Waals surface area (Å²) in [5, 5.41) is 175. The Morgan fingerprint density at radius 1 is 0.539 bits per heavy atom. The van der Waals surface area contributed by atoms with Crippen LogP contribution in [-0.2, 0) is 56.9 Å². The molecule has 89 heavy (non-hydrogen) atoms. The second-order valence-electron chi connectivity index (χ2n) is 28.8. The molecule has 0 bridgehead atoms. The molecule has 0 amide bonds. The van der Waals surface area contributed by atoms with Crippen molar-refractivity contribution in [3.8, 4) is 0 Å². The summed E-state index contributed by atoms with van der Waals surface area (Å²) in [6.07, 6.45) is -33.2. The van der Waals surface area contributed by atoms with Crippen LogP contribution in [0.15, 0.2) is 11.6 Å². The minimum atomic E-state index is -1.86. The van der Waals surface area contributed by atoms with Crippen LogP contribution < -0.4 is 0 Å². The van der Waals surface area contributed by atoms with Crippen molar-refractivity contribution in [3.63, 3.8) is 0 Å². The molecule has 16 N–H and O–H groups in total. The largest absolute Gasteiger partial charge is 0.463 e. The van der Waals surface area contributed by atoms with E-state index in [1.165, 1.54) is 6.92 Å². The Balaban J connectivity index is 0.909. The van der Waals surface area contributed by atoms with E-state index in [1.807, 2.05) is 20.8 Å². The van der Waals surface area contributed by atoms with Crippen molar-refractivity contribution in [1.29, 1.82) is 0 Å². The number of aliphatic hydroxyl groups excluding tert-OH is 16. The lowest BCUT2D eigenvalue weighted by Gasteiger charge is -2.71. The van der Waals surface area contributed by atoms with Gasteiger partial charge in [0.1, 0.15) is 123 Å². The highest BCUT2D eigenvalue weighted by atomic mass is 16.8. The Kier molecular flexibility index (Phi) is 22.3. The molecule has 5 aliphatic heterocycles. The number of carbonyl (C=O) groups excluding carboxylic acids is 1. The van der Waals surface area contributed by atoms with E-state index in [1.54, 1.807) is 0 Å². The van der Waals surface area contributed by atoms with Crippen molar-refractivity contribution in [3.05, 3.63) is 11.6 Å². The number of aliphatic hydroxyl groups is 16. The third kappa shape index (κ3) is 13.4. The Morgan fingerprint density at radius 2 is 1.07 bits per heavy atom. The lowest BCUT2D eigenvalue weighted by molar-refractivity contribution is -0.378. The zero-order chi connectivity index (χ0) is 65.4. The third-order valence-corrected chi connectivity index (χ3v) is 22.9. The highest BCUT2D eigenvalue weighted by molar-refractivity contribution is 5.65. The fraction of sp³-hybridized carbons (Fsp3) is 0.951. The van der Waals surface area contributed by atoms with Crippen LogP contribution >= 0.6 is 0 Å². The zero-order valence-corrected chi connectivity index (χ0v) is 52.4. The molecule has 9 aliphatic rings. The summed E-state index contributed by atoms with van der Waals surface area (Å²) in [6, 6.07) is 0. The first kappa shape index (κ1) is 71.5. The summed E-state index contributed by atoms with van der Waals surface area (Å²) in [5.41, 5.74) is -1.90. The normalized spacial score (nSPS) is 51.5. The van der Waals surface area contributed by atoms with Gasteiger partial charge in [0.25, 0.3) is 0 Å². The van der Waals surface area contributed by atoms with Crippen LogP contribution in [0.4, 0.5) is 0 Å². The molecule has 0 radical (unpaired) electrons. The summed E-state index contributed by atoms with van der Waals surface area (Å²) in [5.74, 6) is -1.35. The number of ether oxygens (including phenoxy) is 11. The summed E-state index contributed by atoms with van der Waals surface area (Å²) in [7, 11) is 0. The van der Waals surface area contributed by atoms with Crippen molar-refractivity contribution >= 4 is 5.97 Å². The molecule has 5 saturated heterocycles. The fourth-order valence-corrected chi connectivity index (χ4v) is 17.5. The van der Waals surface area contributed by atoms with Gasteiger partial charge < -0.3 is 134 Å². The van der Waals surface area contributed by atoms with Gasteiger partial charge in [-0.25, -0.2) is 0 Å². The molecule has 0 aromatic carbocycles. The first-order valence-electron chi connectivity index (χ1n) is 31.7. The van der Waals surface area contributed by atoms with E-state index in [2.05, 4.69) is 40.7 Å². The van der Waals surface area contributed by atoms with Gasteiger partial charge in [0, 0.05) is 6.92 Å². The lowest BCUT2D eigenvalue weighted by atomic mass is 9.35. The van der Waals surface area contributed by atoms with Crippen LogP contribution in [0.5, 0.6) is 0 Å². The van der Waals surface area contributed by atoms with Gasteiger partial charge in [-0.2, -0.15) is 0 Å². The molecule has 9 rings (SSSR count). The number of esters is 1. The molecule has 4 aliphatic carbocycles. The van der Waals surface area contributed by atoms with E-state index >= 15 is 0 Å². The number of carbonyl (C=O) groups is 1. The number of rotatable bonds is 19. The van der Waals surface area contributed by atoms with Gasteiger partial charge in [-0.05, 0) is 124 Å². The van der Waals surface area contributed by atoms with Gasteiger partial charge >= 0.3 is 5.97 Å². The third-order valence-electron chi connectivity index (χ3n) is 22.9. The molecule has 28 nitrogen and oxygen atoms in total. The standard InChI is InChI=1S/C61H102O28/c1-25(2)11-10-15-61(9,89-55-50(78)45(73)41(69)33(85-55)24-82-53-48(76)44(72)40(68)32(84-53)23-81-52-47(75)38(66)29(65)21-80-52)27-12-17-60(8)37(27)28(64)19-35-58(6)16-14-36(57(4,5)34(58)13-18-59(35,60)7)87-56-51(46(74)42(70)31(86-56)22-79-26(3)63)88-54-49(77)43(71)39(67)30(20-62)83-54/h11,27-56,62,64-78H,10,12-24H2,1-9H3/t27?,28-,29-,30-,31-,32-,33-,34?,35-,36+,37?,38+,39-,40-,41-,42-,43+,44+,45+,46+,47-,48-,49-,50-,51-,52+,53-,54+,55+,56+,58+,59-,60-,61+/m1/s1. The Bertz CT molecular complexity index is 2390. The average molecular weight is 1280 g/mol. The summed E-state index contributed by atoms with van der Waals surface area (Å²) in [4.78, 5) is 11.9. The molecule has 28 heteroatoms. The minimum Gasteiger partial charge on any atom is -0.463 e. The highest BCUT2D eigenvalue weighted by Crippen LogP contribution is 2.76. The van der Waals surface area contributed by atoms with E-state index in [0.29, 0.717) is 44.9 Å². The van der Waals surface area contributed by atoms with Gasteiger partial charge in [-0.15, -0.1) is 0 Å². The van der Waals surface area contributed by atoms with Crippen LogP contribution in [-0.4, -0.2) is 286 Å². The van der Waals surface area contributed by atoms with Gasteiger partial charge in [-0.3, -0.25) is 4.79 Å². The monoisotopic (exact) mass is 1280 g/mol. The van der Waals surface area contributed by atoms with Gasteiger partial charge in [-0.1, -0.05) is 46.3 Å². The second kappa shape index (κ2) is 27.7. The molecule has 0 aromatic heterocycles. The first-order chi connectivity index (χ1) is 41.6. The Labute approximate surface area is 518 Å². The number of hydrogen-bond acceptors (Lipinski definition) is 28. The second-order valence-corrected chi connectivity index (χ2v) is 28.8. The zero-order valence-electron chi connectivity index (χ0n) is 52.4. The predicted molar refractivity (Wildman–Crippen MR) is 302 cm³/mol. The van der Waals surface area contributed by atoms with Crippen molar-refractivity contribution < 1.29 is 139 Å². The van der Waals surface area contributed by atoms with E-state index in [-0.39, 0.29) is 41.1 Å². The smallest absolute Gasteiger partial charge is 0.302 e. The quantitative estimate of drug-likeness (QED) is 0.0345. The average Bonchev–Trinajstić information content (AvgIpc) is 1.67. The Hall–Kier alpha value is -1.83. The topological polar surface area (TPSA) is 442 Å². The molecule has 34 atom stereocenters. The number of fused-ring (bicyclic) bond motifs is 5. The van der Waals surface area contributed by atoms with Crippen molar-refractivity contribution in [2.45, 2.75) is 285 Å². The maximum atomic E-state index is 13.0. The molecule has 514 valence electrons. The predicted octanol–water partition coefficient (Wildman–Crippen LogP) is -3.17. The molecule has 4 saturated carbocycles. The summed E-state index contributed by atoms with van der Waals surface area (Å²) < 4.78 is 65.9. The maximum Gasteiger partial charge on any atom is 0.302 e. The summed E-state index contributed by atoms with van der Waals surface area (Å²) in [6.45, 7) is 15.5. The first-order valence-corrected chi connectivity index (χ1v) is 31.7. The van der Waals surface area contributed by atoms with Crippen molar-refractivity contribution in [2.24, 2.45) is 45.3 Å². The number of hydrogen-bond donors (Lipinski definition) is 16. The minimum absolute atomic E-state index is 0.0114. The van der Waals surface area contributed by atoms with E-state index in [9.17, 15) is 86.5 Å². The maximum absolute atomic E-state index is 13.0. The molecule has 0 spiro atoms. The number of allylic oxidation sites excluding steroid dienone is 2. The molecule has 9 fully saturated rings. The van der Waals surface area contributed by atoms with Gasteiger partial charge in [0.15, 0.2) is 31.5 Å². The molecular weight excluding hydrogens is 1180 g/mol. The van der Waals surface area contributed by atoms with Gasteiger partial charge in [0.05, 0.1) is 44.2 Å². The fourth-order valence-electron chi connectivity index (χ4n) is 17.5. The van der Waals surface area contributed by atoms with E-state index in [0.717, 1.165) is 18.4 Å². The van der Waals surface area contributed by atoms with Gasteiger partial charge in [0.2, 0.25) is 0 Å². The van der Waals surface area contributed by atoms with Crippen molar-refractivity contribution in [1.82, 2.24) is 0 Å². The van der Waals surface area contributed by atoms with E-state index < -0.39 is 208 Å². The SMILES string of the molecule is CC(=O)OC[C@H]1O[C@@H](O[C@H]2CC[C@@]3(C)C(CC[C@]4(C)[C@@H]3C[C@@H](O)C3C([C@](C)(CCC=C(C)C)O[C@@H]5O[C@H](CO[C@@H]6O[C@H](CO[C@@H]7OC[C@@H](O)[C@H](O)[C@H]7O)[C@@H](O)[C@H](O)[C@H]6O)[C@@H](O)[C@H](O)[C@H]5O)CC[C@]34C)C2(C)C)[C@H](O[C@@H]2O[C@H](CO)[C@@H](O)[C@H](O)[C@H]2O)[C@@H](O)[C@@H]1O. The molecule has 0 aromatic rings. The van der Waals surface area contributed by atoms with Crippen LogP contribution in [0.2, 0.25) is 0 Å². The molecule has 3 unspecified atom stereocenters. The van der Waals surface area contributed by atoms with Crippen LogP contribution in [0, 0.1) is 45.3 Å². The van der Waals surface area contributed by atoms with Crippen LogP contribution in [0.3, 0.4) is 0 Å². The highest BCUT2D eigenvalue weighted by Gasteiger charge is 2.72. The van der Waals surface area contributed by atoms with Crippen LogP contribution in [0.1, 0.15) is 120 Å². The van der Waals surface area contributed by atoms with Crippen LogP contribution in [0.25, 0.3) is 0 Å². The van der Waals surface area contributed by atoms with Crippen molar-refractivity contribution in [2.75, 3.05) is 33.0 Å². The lowest BCUT2D eigenvalue weighted by Crippen LogP contribution is -2.68. The van der Waals surface area contributed by atoms with E-state index in [4.69, 9.17) is 52.1 Å². The molecular formula is C61H102O28. The molecule has 5 heterocycles.